The van der Waals surface area contributed by atoms with Crippen LogP contribution in [-0.4, -0.2) is 20.4 Å². The van der Waals surface area contributed by atoms with Crippen LogP contribution in [0.25, 0.3) is 10.9 Å². The van der Waals surface area contributed by atoms with Crippen LogP contribution >= 0.6 is 0 Å². The van der Waals surface area contributed by atoms with Crippen LogP contribution in [-0.2, 0) is 20.1 Å². The highest BCUT2D eigenvalue weighted by Gasteiger charge is 2.10. The average molecular weight is 282 g/mol. The molecule has 4 heteroatoms. The molecule has 110 valence electrons. The maximum atomic E-state index is 4.68. The third-order valence-electron chi connectivity index (χ3n) is 3.77. The second-order valence-corrected chi connectivity index (χ2v) is 5.75. The summed E-state index contributed by atoms with van der Waals surface area (Å²) in [6.45, 7) is 6.03. The molecule has 1 aromatic carbocycles. The summed E-state index contributed by atoms with van der Waals surface area (Å²) in [6, 6.07) is 13.1. The molecule has 0 saturated carbocycles. The van der Waals surface area contributed by atoms with Crippen molar-refractivity contribution in [2.45, 2.75) is 33.0 Å². The molecular weight excluding hydrogens is 260 g/mol. The first-order valence-electron chi connectivity index (χ1n) is 7.43. The van der Waals surface area contributed by atoms with E-state index >= 15 is 0 Å². The molecule has 0 saturated heterocycles. The molecule has 0 amide bonds. The van der Waals surface area contributed by atoms with E-state index in [0.29, 0.717) is 6.04 Å². The highest BCUT2D eigenvalue weighted by molar-refractivity contribution is 5.81. The predicted octanol–water partition coefficient (Wildman–Crippen LogP) is 2.92. The van der Waals surface area contributed by atoms with Crippen molar-refractivity contribution in [2.24, 2.45) is 7.05 Å². The van der Waals surface area contributed by atoms with Crippen LogP contribution in [0.2, 0.25) is 0 Å². The minimum absolute atomic E-state index is 0.490. The van der Waals surface area contributed by atoms with E-state index in [-0.39, 0.29) is 0 Å². The van der Waals surface area contributed by atoms with Crippen LogP contribution in [0.15, 0.2) is 42.6 Å². The smallest absolute Gasteiger partial charge is 0.0900 e. The fraction of sp³-hybridized carbons (Fsp3) is 0.353. The lowest BCUT2D eigenvalue weighted by molar-refractivity contribution is 0.562. The van der Waals surface area contributed by atoms with Crippen LogP contribution in [0.5, 0.6) is 0 Å². The molecule has 4 nitrogen and oxygen atoms in total. The van der Waals surface area contributed by atoms with Gasteiger partial charge in [0.05, 0.1) is 17.8 Å². The van der Waals surface area contributed by atoms with Gasteiger partial charge in [0.1, 0.15) is 0 Å². The van der Waals surface area contributed by atoms with E-state index in [1.54, 1.807) is 0 Å². The molecule has 0 unspecified atom stereocenters. The van der Waals surface area contributed by atoms with Crippen LogP contribution < -0.4 is 5.32 Å². The second kappa shape index (κ2) is 5.74. The van der Waals surface area contributed by atoms with Crippen molar-refractivity contribution < 1.29 is 0 Å². The summed E-state index contributed by atoms with van der Waals surface area (Å²) in [5.74, 6) is 0. The number of aryl methyl sites for hydroxylation is 1. The highest BCUT2D eigenvalue weighted by Crippen LogP contribution is 2.19. The first kappa shape index (κ1) is 13.9. The van der Waals surface area contributed by atoms with Crippen molar-refractivity contribution in [1.82, 2.24) is 19.7 Å². The molecule has 2 heterocycles. The van der Waals surface area contributed by atoms with Gasteiger partial charge in [0.15, 0.2) is 0 Å². The van der Waals surface area contributed by atoms with Gasteiger partial charge in [-0.25, -0.2) is 0 Å². The second-order valence-electron chi connectivity index (χ2n) is 5.75. The SMILES string of the molecule is CC(C)NCc1cccn1Cc1nn(C)c2ccccc12. The fourth-order valence-corrected chi connectivity index (χ4v) is 2.64. The minimum Gasteiger partial charge on any atom is -0.344 e. The van der Waals surface area contributed by atoms with Gasteiger partial charge < -0.3 is 9.88 Å². The molecule has 1 N–H and O–H groups in total. The third kappa shape index (κ3) is 2.85. The molecule has 0 aliphatic heterocycles. The molecule has 0 fully saturated rings. The number of fused-ring (bicyclic) bond motifs is 1. The summed E-state index contributed by atoms with van der Waals surface area (Å²) in [4.78, 5) is 0. The van der Waals surface area contributed by atoms with E-state index in [9.17, 15) is 0 Å². The Morgan fingerprint density at radius 3 is 2.76 bits per heavy atom. The lowest BCUT2D eigenvalue weighted by Crippen LogP contribution is -2.23. The van der Waals surface area contributed by atoms with Crippen LogP contribution in [0.3, 0.4) is 0 Å². The first-order chi connectivity index (χ1) is 10.1. The Hall–Kier alpha value is -2.07. The topological polar surface area (TPSA) is 34.8 Å². The maximum Gasteiger partial charge on any atom is 0.0900 e. The molecule has 0 aliphatic carbocycles. The Labute approximate surface area is 125 Å². The normalized spacial score (nSPS) is 11.6. The van der Waals surface area contributed by atoms with Gasteiger partial charge >= 0.3 is 0 Å². The Morgan fingerprint density at radius 2 is 1.95 bits per heavy atom. The highest BCUT2D eigenvalue weighted by atomic mass is 15.3. The lowest BCUT2D eigenvalue weighted by atomic mass is 10.2. The maximum absolute atomic E-state index is 4.68. The summed E-state index contributed by atoms with van der Waals surface area (Å²) >= 11 is 0. The number of hydrogen-bond donors (Lipinski definition) is 1. The van der Waals surface area contributed by atoms with Crippen molar-refractivity contribution >= 4 is 10.9 Å². The van der Waals surface area contributed by atoms with Crippen LogP contribution in [0, 0.1) is 0 Å². The molecule has 0 aliphatic rings. The van der Waals surface area contributed by atoms with E-state index < -0.39 is 0 Å². The largest absolute Gasteiger partial charge is 0.344 e. The number of hydrogen-bond acceptors (Lipinski definition) is 2. The van der Waals surface area contributed by atoms with Gasteiger partial charge in [-0.05, 0) is 18.2 Å². The van der Waals surface area contributed by atoms with Gasteiger partial charge in [0.25, 0.3) is 0 Å². The zero-order chi connectivity index (χ0) is 14.8. The number of aromatic nitrogens is 3. The molecule has 21 heavy (non-hydrogen) atoms. The minimum atomic E-state index is 0.490. The Kier molecular flexibility index (Phi) is 3.80. The van der Waals surface area contributed by atoms with Crippen molar-refractivity contribution in [3.8, 4) is 0 Å². The van der Waals surface area contributed by atoms with Gasteiger partial charge in [-0.15, -0.1) is 0 Å². The number of nitrogens with zero attached hydrogens (tertiary/aromatic N) is 3. The van der Waals surface area contributed by atoms with E-state index in [1.807, 2.05) is 11.7 Å². The quantitative estimate of drug-likeness (QED) is 0.781. The van der Waals surface area contributed by atoms with Gasteiger partial charge in [-0.3, -0.25) is 4.68 Å². The van der Waals surface area contributed by atoms with Gasteiger partial charge in [-0.1, -0.05) is 32.0 Å². The first-order valence-corrected chi connectivity index (χ1v) is 7.43. The molecule has 0 spiro atoms. The van der Waals surface area contributed by atoms with Gasteiger partial charge in [0, 0.05) is 36.9 Å². The van der Waals surface area contributed by atoms with Crippen LogP contribution in [0.1, 0.15) is 25.2 Å². The Balaban J connectivity index is 1.87. The summed E-state index contributed by atoms with van der Waals surface area (Å²) in [6.07, 6.45) is 2.13. The van der Waals surface area contributed by atoms with Gasteiger partial charge in [-0.2, -0.15) is 5.10 Å². The molecule has 3 aromatic rings. The molecule has 3 rings (SSSR count). The molecular formula is C17H22N4. The van der Waals surface area contributed by atoms with Crippen molar-refractivity contribution in [3.63, 3.8) is 0 Å². The van der Waals surface area contributed by atoms with Crippen LogP contribution in [0.4, 0.5) is 0 Å². The van der Waals surface area contributed by atoms with E-state index in [0.717, 1.165) is 18.8 Å². The van der Waals surface area contributed by atoms with Crippen molar-refractivity contribution in [2.75, 3.05) is 0 Å². The molecule has 0 radical (unpaired) electrons. The number of para-hydroxylation sites is 1. The molecule has 0 atom stereocenters. The lowest BCUT2D eigenvalue weighted by Gasteiger charge is -2.11. The number of nitrogens with one attached hydrogen (secondary N) is 1. The third-order valence-corrected chi connectivity index (χ3v) is 3.77. The van der Waals surface area contributed by atoms with Gasteiger partial charge in [0.2, 0.25) is 0 Å². The zero-order valence-corrected chi connectivity index (χ0v) is 12.9. The summed E-state index contributed by atoms with van der Waals surface area (Å²) in [7, 11) is 2.00. The van der Waals surface area contributed by atoms with E-state index in [1.165, 1.54) is 16.6 Å². The molecule has 0 bridgehead atoms. The summed E-state index contributed by atoms with van der Waals surface area (Å²) < 4.78 is 4.23. The fourth-order valence-electron chi connectivity index (χ4n) is 2.64. The van der Waals surface area contributed by atoms with Crippen molar-refractivity contribution in [1.29, 1.82) is 0 Å². The monoisotopic (exact) mass is 282 g/mol. The summed E-state index contributed by atoms with van der Waals surface area (Å²) in [5, 5.41) is 9.38. The van der Waals surface area contributed by atoms with E-state index in [2.05, 4.69) is 71.4 Å². The standard InChI is InChI=1S/C17H22N4/c1-13(2)18-11-14-7-6-10-21(14)12-16-15-8-4-5-9-17(15)20(3)19-16/h4-10,13,18H,11-12H2,1-3H3. The average Bonchev–Trinajstić information content (AvgIpc) is 3.03. The Bertz CT molecular complexity index is 736. The van der Waals surface area contributed by atoms with Crippen molar-refractivity contribution in [3.05, 3.63) is 54.0 Å². The number of benzene rings is 1. The Morgan fingerprint density at radius 1 is 1.14 bits per heavy atom. The van der Waals surface area contributed by atoms with E-state index in [4.69, 9.17) is 0 Å². The predicted molar refractivity (Wildman–Crippen MR) is 86.2 cm³/mol. The number of rotatable bonds is 5. The zero-order valence-electron chi connectivity index (χ0n) is 12.9. The summed E-state index contributed by atoms with van der Waals surface area (Å²) in [5.41, 5.74) is 3.59. The molecule has 2 aromatic heterocycles.